The first-order chi connectivity index (χ1) is 60.2. The summed E-state index contributed by atoms with van der Waals surface area (Å²) in [6.07, 6.45) is 5.41. The van der Waals surface area contributed by atoms with Crippen molar-refractivity contribution in [3.05, 3.63) is 242 Å². The van der Waals surface area contributed by atoms with E-state index in [0.717, 1.165) is 52.6 Å². The highest BCUT2D eigenvalue weighted by molar-refractivity contribution is 7.90. The lowest BCUT2D eigenvalue weighted by molar-refractivity contribution is 0.0654. The minimum atomic E-state index is -3.83. The standard InChI is InChI=1S/C20H19N7O4S.C19H18N8O4S.C18H15N9O6S.C18H19N7O3S/c1-12-2-11-17(31-12)13-3-5-15(6-4-13)24-20(28)27-18(21)25-19(26-27)23-14-7-9-16(10-8-14)32(22,29)30;1-11-10-31-16(22-11)12-2-4-14(5-3-12)24-19(28)27-17(20)25-18(26-27)23-13-6-8-15(9-7-13)32(21,29)30;19-16-23-17(21-10-5-7-12(8-6-10)34(20,31)32)26-27(16)18(30)22-11-3-1-9(2-4-11)13-24-25-14(33-13)15(28)29;1-2-3-12-4-6-14(7-5-12)22-18(26)25-16(19)23-17(24-25)21-13-8-10-15(11-9-13)29(20,27)28/h2-11H,1H3,(H,24,28)(H2,22,29,30)(H3,21,23,25,26);2-10H,1H3,(H,24,28)(H2,21,29,30)(H3,20,23,25,26);1-8H,(H,22,30)(H,28,29)(H2,20,31,32)(H3,19,21,23,26);2-11H,1H3,(H,22,26)(H2,20,27,28)(H3,19,21,23,24)/b;;;3-2+. The molecule has 0 atom stereocenters. The van der Waals surface area contributed by atoms with Crippen LogP contribution in [0.15, 0.2) is 251 Å². The molecule has 0 fully saturated rings. The molecule has 0 unspecified atom stereocenters. The Bertz CT molecular complexity index is 6850. The van der Waals surface area contributed by atoms with Crippen LogP contribution in [-0.2, 0) is 40.1 Å². The van der Waals surface area contributed by atoms with E-state index in [1.807, 2.05) is 69.3 Å². The van der Waals surface area contributed by atoms with Crippen LogP contribution in [0.2, 0.25) is 0 Å². The number of aryl methyl sites for hydroxylation is 2. The molecule has 48 nitrogen and oxygen atoms in total. The monoisotopic (exact) mass is 1810 g/mol. The number of hydrogen-bond acceptors (Lipinski definition) is 35. The molecule has 4 amide bonds. The molecule has 652 valence electrons. The molecule has 15 aromatic rings. The van der Waals surface area contributed by atoms with Gasteiger partial charge in [0, 0.05) is 62.2 Å². The molecule has 0 saturated heterocycles. The number of nitrogen functional groups attached to an aromatic ring is 4. The second-order valence-electron chi connectivity index (χ2n) is 26.1. The molecular formula is C75H71N31O17S4. The number of sulfonamides is 4. The third-order valence-corrected chi connectivity index (χ3v) is 20.4. The van der Waals surface area contributed by atoms with Crippen LogP contribution in [0.25, 0.3) is 40.3 Å². The van der Waals surface area contributed by atoms with E-state index in [2.05, 4.69) is 98.0 Å². The molecule has 25 N–H and O–H groups in total. The summed E-state index contributed by atoms with van der Waals surface area (Å²) in [6.45, 7) is 5.61. The quantitative estimate of drug-likeness (QED) is 0.0320. The Hall–Kier alpha value is -16.9. The average Bonchev–Trinajstić information content (AvgIpc) is 1.65. The molecule has 8 aromatic carbocycles. The van der Waals surface area contributed by atoms with Gasteiger partial charge in [-0.3, -0.25) is 0 Å². The number of aromatic nitrogens is 15. The van der Waals surface area contributed by atoms with Crippen LogP contribution in [0.4, 0.5) is 112 Å². The van der Waals surface area contributed by atoms with Crippen molar-refractivity contribution in [2.45, 2.75) is 40.4 Å². The number of anilines is 16. The number of furan rings is 1. The number of hydrogen-bond donors (Lipinski definition) is 17. The molecule has 0 aliphatic carbocycles. The van der Waals surface area contributed by atoms with Crippen LogP contribution in [0.5, 0.6) is 0 Å². The zero-order valence-electron chi connectivity index (χ0n) is 65.8. The van der Waals surface area contributed by atoms with Gasteiger partial charge in [0.2, 0.25) is 99.5 Å². The Labute approximate surface area is 717 Å². The zero-order valence-corrected chi connectivity index (χ0v) is 69.1. The summed E-state index contributed by atoms with van der Waals surface area (Å²) >= 11 is 0. The summed E-state index contributed by atoms with van der Waals surface area (Å²) in [4.78, 5) is 80.9. The SMILES string of the molecule is C/C=C/c1ccc(NC(=O)n2nc(Nc3ccc(S(N)(=O)=O)cc3)nc2N)cc1.Cc1ccc(-c2ccc(NC(=O)n3nc(Nc4ccc(S(N)(=O)=O)cc4)nc3N)cc2)o1.Cc1coc(-c2ccc(NC(=O)n3nc(Nc4ccc(S(N)(=O)=O)cc4)nc3N)cc2)n1.Nc1nc(Nc2ccc(S(N)(=O)=O)cc2)nn1C(=O)Nc1ccc(-c2nnc(C(=O)O)o2)cc1. The highest BCUT2D eigenvalue weighted by atomic mass is 32.2. The Morgan fingerprint density at radius 3 is 0.913 bits per heavy atom. The first-order valence-electron chi connectivity index (χ1n) is 36.1. The topological polar surface area (TPSA) is 747 Å². The van der Waals surface area contributed by atoms with Crippen molar-refractivity contribution in [3.8, 4) is 34.2 Å². The summed E-state index contributed by atoms with van der Waals surface area (Å²) < 4.78 is 110. The molecule has 7 aromatic heterocycles. The summed E-state index contributed by atoms with van der Waals surface area (Å²) in [5.41, 5.74) is 30.9. The number of allylic oxidation sites excluding steroid dienone is 1. The molecule has 0 bridgehead atoms. The lowest BCUT2D eigenvalue weighted by Gasteiger charge is -2.06. The van der Waals surface area contributed by atoms with Gasteiger partial charge in [-0.25, -0.2) is 83.2 Å². The molecule has 127 heavy (non-hydrogen) atoms. The van der Waals surface area contributed by atoms with Gasteiger partial charge in [0.25, 0.3) is 0 Å². The number of nitrogens with one attached hydrogen (secondary N) is 8. The van der Waals surface area contributed by atoms with E-state index in [1.54, 1.807) is 54.8 Å². The van der Waals surface area contributed by atoms with E-state index in [-0.39, 0.29) is 73.1 Å². The minimum Gasteiger partial charge on any atom is -0.474 e. The summed E-state index contributed by atoms with van der Waals surface area (Å²) in [5.74, 6) is -0.272. The number of amides is 4. The lowest BCUT2D eigenvalue weighted by atomic mass is 10.1. The van der Waals surface area contributed by atoms with Crippen LogP contribution < -0.4 is 86.0 Å². The minimum absolute atomic E-state index is 0.00279. The van der Waals surface area contributed by atoms with E-state index in [4.69, 9.17) is 61.8 Å². The van der Waals surface area contributed by atoms with Crippen LogP contribution >= 0.6 is 0 Å². The number of carbonyl (C=O) groups excluding carboxylic acids is 4. The van der Waals surface area contributed by atoms with Crippen molar-refractivity contribution in [2.75, 3.05) is 65.5 Å². The van der Waals surface area contributed by atoms with Gasteiger partial charge in [-0.2, -0.15) is 19.9 Å². The summed E-state index contributed by atoms with van der Waals surface area (Å²) in [6, 6.07) is 50.9. The Balaban J connectivity index is 0.000000154. The van der Waals surface area contributed by atoms with Crippen molar-refractivity contribution >= 4 is 169 Å². The number of rotatable bonds is 21. The van der Waals surface area contributed by atoms with Crippen LogP contribution in [0.3, 0.4) is 0 Å². The molecule has 0 radical (unpaired) electrons. The van der Waals surface area contributed by atoms with Crippen molar-refractivity contribution in [1.29, 1.82) is 0 Å². The molecule has 7 heterocycles. The maximum atomic E-state index is 12.6. The van der Waals surface area contributed by atoms with Crippen molar-refractivity contribution in [3.63, 3.8) is 0 Å². The number of carboxylic acids is 1. The first-order valence-corrected chi connectivity index (χ1v) is 42.3. The van der Waals surface area contributed by atoms with E-state index < -0.39 is 76.1 Å². The van der Waals surface area contributed by atoms with Gasteiger partial charge in [0.15, 0.2) is 0 Å². The maximum Gasteiger partial charge on any atom is 0.393 e. The maximum absolute atomic E-state index is 12.6. The van der Waals surface area contributed by atoms with Crippen molar-refractivity contribution < 1.29 is 76.0 Å². The van der Waals surface area contributed by atoms with Gasteiger partial charge in [-0.05, 0) is 220 Å². The Kier molecular flexibility index (Phi) is 26.7. The molecular weight excluding hydrogens is 1740 g/mol. The third-order valence-electron chi connectivity index (χ3n) is 16.7. The number of nitrogens with two attached hydrogens (primary N) is 8. The van der Waals surface area contributed by atoms with Gasteiger partial charge in [-0.15, -0.1) is 49.3 Å². The van der Waals surface area contributed by atoms with E-state index in [1.165, 1.54) is 121 Å². The number of aromatic carboxylic acids is 1. The van der Waals surface area contributed by atoms with E-state index >= 15 is 0 Å². The molecule has 0 aliphatic heterocycles. The van der Waals surface area contributed by atoms with Crippen LogP contribution in [-0.4, -0.2) is 143 Å². The molecule has 52 heteroatoms. The van der Waals surface area contributed by atoms with Gasteiger partial charge >= 0.3 is 36.0 Å². The van der Waals surface area contributed by atoms with E-state index in [0.29, 0.717) is 57.0 Å². The highest BCUT2D eigenvalue weighted by Crippen LogP contribution is 2.29. The van der Waals surface area contributed by atoms with Gasteiger partial charge in [0.1, 0.15) is 17.8 Å². The zero-order chi connectivity index (χ0) is 91.2. The smallest absolute Gasteiger partial charge is 0.393 e. The summed E-state index contributed by atoms with van der Waals surface area (Å²) in [7, 11) is -15.2. The van der Waals surface area contributed by atoms with Gasteiger partial charge in [-0.1, -0.05) is 24.3 Å². The fraction of sp³-hybridized carbons (Fsp3) is 0.0400. The fourth-order valence-electron chi connectivity index (χ4n) is 10.7. The number of benzene rings is 8. The third kappa shape index (κ3) is 23.8. The Morgan fingerprint density at radius 1 is 0.362 bits per heavy atom. The molecule has 0 saturated carbocycles. The number of primary sulfonamides is 4. The predicted octanol–water partition coefficient (Wildman–Crippen LogP) is 8.64. The lowest BCUT2D eigenvalue weighted by Crippen LogP contribution is -2.22. The van der Waals surface area contributed by atoms with Crippen molar-refractivity contribution in [1.82, 2.24) is 74.2 Å². The number of oxazole rings is 1. The average molecular weight is 1810 g/mol. The molecule has 0 aliphatic rings. The normalized spacial score (nSPS) is 11.3. The fourth-order valence-corrected chi connectivity index (χ4v) is 12.8. The van der Waals surface area contributed by atoms with Crippen LogP contribution in [0.1, 0.15) is 34.6 Å². The Morgan fingerprint density at radius 2 is 0.654 bits per heavy atom. The van der Waals surface area contributed by atoms with Crippen LogP contribution in [0, 0.1) is 13.8 Å². The molecule has 0 spiro atoms. The number of nitrogens with zero attached hydrogens (tertiary/aromatic N) is 15. The highest BCUT2D eigenvalue weighted by Gasteiger charge is 2.23. The van der Waals surface area contributed by atoms with Crippen molar-refractivity contribution in [2.24, 2.45) is 20.6 Å². The number of carbonyl (C=O) groups is 5. The van der Waals surface area contributed by atoms with E-state index in [9.17, 15) is 57.6 Å². The predicted molar refractivity (Wildman–Crippen MR) is 463 cm³/mol. The second kappa shape index (κ2) is 38.0. The van der Waals surface area contributed by atoms with Gasteiger partial charge in [0.05, 0.1) is 25.3 Å². The second-order valence-corrected chi connectivity index (χ2v) is 32.3. The van der Waals surface area contributed by atoms with Gasteiger partial charge < -0.3 is 83.8 Å². The largest absolute Gasteiger partial charge is 0.474 e. The number of carboxylic acid groups (broad SMARTS) is 1. The first kappa shape index (κ1) is 89.3. The summed E-state index contributed by atoms with van der Waals surface area (Å²) in [5, 5.41) is 74.2. The molecule has 15 rings (SSSR count).